The first-order valence-corrected chi connectivity index (χ1v) is 14.5. The summed E-state index contributed by atoms with van der Waals surface area (Å²) in [6.45, 7) is 1.80. The third-order valence-electron chi connectivity index (χ3n) is 7.13. The standard InChI is InChI=1S/C30H29N7O12/c1-15(38)47-24-21(12-46-9-8-31-29(43)19-10-18(37(44)45)11-20(40)23(19)41)49-30(25(24)48-16(2)39)36-14-34-22-26(32-13-33-27(22)36)35-28(42)17-6-4-3-5-7-17/h3-7,10-11,13-14,21,24-25,30,40-41H,8-9,12H2,1-2H3,(H,31,43)(H,32,33,35,42)/t21-,24-,25-,30-/m1/s1. The minimum Gasteiger partial charge on any atom is -0.504 e. The average Bonchev–Trinajstić information content (AvgIpc) is 3.63. The summed E-state index contributed by atoms with van der Waals surface area (Å²) in [6.07, 6.45) is -1.98. The van der Waals surface area contributed by atoms with Gasteiger partial charge in [0.2, 0.25) is 0 Å². The summed E-state index contributed by atoms with van der Waals surface area (Å²) in [5.41, 5.74) is -0.349. The van der Waals surface area contributed by atoms with E-state index in [0.29, 0.717) is 11.6 Å². The molecule has 4 atom stereocenters. The van der Waals surface area contributed by atoms with E-state index in [1.165, 1.54) is 24.1 Å². The van der Waals surface area contributed by atoms with Crippen molar-refractivity contribution in [3.8, 4) is 11.5 Å². The second-order valence-corrected chi connectivity index (χ2v) is 10.5. The molecule has 4 N–H and O–H groups in total. The van der Waals surface area contributed by atoms with Crippen LogP contribution in [0.1, 0.15) is 40.8 Å². The van der Waals surface area contributed by atoms with Crippen molar-refractivity contribution >= 4 is 46.4 Å². The maximum absolute atomic E-state index is 12.8. The Kier molecular flexibility index (Phi) is 10.2. The first kappa shape index (κ1) is 34.1. The van der Waals surface area contributed by atoms with Gasteiger partial charge in [0.25, 0.3) is 17.5 Å². The van der Waals surface area contributed by atoms with E-state index in [9.17, 15) is 39.5 Å². The van der Waals surface area contributed by atoms with Gasteiger partial charge >= 0.3 is 11.9 Å². The number of carbonyl (C=O) groups excluding carboxylic acids is 4. The molecule has 0 aliphatic carbocycles. The lowest BCUT2D eigenvalue weighted by Crippen LogP contribution is -2.40. The number of nitro groups is 1. The number of hydrogen-bond acceptors (Lipinski definition) is 15. The van der Waals surface area contributed by atoms with Crippen LogP contribution in [0, 0.1) is 10.1 Å². The summed E-state index contributed by atoms with van der Waals surface area (Å²) in [5.74, 6) is -4.33. The Hall–Kier alpha value is -6.21. The number of fused-ring (bicyclic) bond motifs is 1. The summed E-state index contributed by atoms with van der Waals surface area (Å²) < 4.78 is 24.3. The molecule has 2 amide bonds. The van der Waals surface area contributed by atoms with Crippen LogP contribution in [-0.2, 0) is 28.5 Å². The zero-order valence-electron chi connectivity index (χ0n) is 25.8. The number of esters is 2. The van der Waals surface area contributed by atoms with Gasteiger partial charge in [0, 0.05) is 32.0 Å². The Balaban J connectivity index is 1.30. The van der Waals surface area contributed by atoms with Crippen LogP contribution < -0.4 is 10.6 Å². The van der Waals surface area contributed by atoms with Crippen molar-refractivity contribution in [1.29, 1.82) is 0 Å². The van der Waals surface area contributed by atoms with E-state index < -0.39 is 76.0 Å². The quantitative estimate of drug-likeness (QED) is 0.0545. The molecule has 4 aromatic rings. The lowest BCUT2D eigenvalue weighted by molar-refractivity contribution is -0.385. The predicted octanol–water partition coefficient (Wildman–Crippen LogP) is 1.61. The number of nitrogens with zero attached hydrogens (tertiary/aromatic N) is 5. The summed E-state index contributed by atoms with van der Waals surface area (Å²) in [7, 11) is 0. The van der Waals surface area contributed by atoms with Gasteiger partial charge in [0.1, 0.15) is 12.4 Å². The van der Waals surface area contributed by atoms with Crippen molar-refractivity contribution in [1.82, 2.24) is 24.8 Å². The maximum Gasteiger partial charge on any atom is 0.303 e. The molecule has 0 spiro atoms. The Morgan fingerprint density at radius 3 is 2.41 bits per heavy atom. The fourth-order valence-corrected chi connectivity index (χ4v) is 5.03. The Labute approximate surface area is 275 Å². The molecule has 19 heteroatoms. The Bertz CT molecular complexity index is 1900. The molecule has 5 rings (SSSR count). The number of benzene rings is 2. The highest BCUT2D eigenvalue weighted by atomic mass is 16.7. The van der Waals surface area contributed by atoms with Crippen molar-refractivity contribution in [2.75, 3.05) is 25.1 Å². The summed E-state index contributed by atoms with van der Waals surface area (Å²) >= 11 is 0. The van der Waals surface area contributed by atoms with Crippen LogP contribution in [0.25, 0.3) is 11.2 Å². The zero-order valence-corrected chi connectivity index (χ0v) is 25.8. The summed E-state index contributed by atoms with van der Waals surface area (Å²) in [6, 6.07) is 9.95. The number of non-ortho nitro benzene ring substituents is 1. The minimum atomic E-state index is -1.20. The Morgan fingerprint density at radius 2 is 1.71 bits per heavy atom. The number of amides is 2. The second-order valence-electron chi connectivity index (χ2n) is 10.5. The van der Waals surface area contributed by atoms with Gasteiger partial charge in [0.05, 0.1) is 36.1 Å². The number of anilines is 1. The van der Waals surface area contributed by atoms with Crippen LogP contribution in [0.3, 0.4) is 0 Å². The number of nitrogens with one attached hydrogen (secondary N) is 2. The molecular formula is C30H29N7O12. The van der Waals surface area contributed by atoms with E-state index >= 15 is 0 Å². The number of carbonyl (C=O) groups is 4. The van der Waals surface area contributed by atoms with Crippen LogP contribution in [0.15, 0.2) is 55.1 Å². The van der Waals surface area contributed by atoms with E-state index in [2.05, 4.69) is 25.6 Å². The van der Waals surface area contributed by atoms with Crippen LogP contribution in [0.4, 0.5) is 11.5 Å². The number of phenols is 2. The first-order chi connectivity index (χ1) is 23.4. The molecular weight excluding hydrogens is 650 g/mol. The van der Waals surface area contributed by atoms with Crippen molar-refractivity contribution in [3.05, 3.63) is 76.4 Å². The van der Waals surface area contributed by atoms with E-state index in [1.807, 2.05) is 0 Å². The molecule has 1 saturated heterocycles. The molecule has 0 saturated carbocycles. The highest BCUT2D eigenvalue weighted by molar-refractivity contribution is 6.06. The predicted molar refractivity (Wildman–Crippen MR) is 164 cm³/mol. The molecule has 1 aliphatic rings. The average molecular weight is 680 g/mol. The van der Waals surface area contributed by atoms with E-state index in [1.54, 1.807) is 30.3 Å². The van der Waals surface area contributed by atoms with Gasteiger partial charge < -0.3 is 39.8 Å². The molecule has 2 aromatic carbocycles. The number of nitro benzene ring substituents is 1. The van der Waals surface area contributed by atoms with Crippen molar-refractivity contribution < 1.29 is 53.3 Å². The molecule has 49 heavy (non-hydrogen) atoms. The molecule has 19 nitrogen and oxygen atoms in total. The smallest absolute Gasteiger partial charge is 0.303 e. The first-order valence-electron chi connectivity index (χ1n) is 14.5. The molecule has 0 radical (unpaired) electrons. The second kappa shape index (κ2) is 14.7. The normalized spacial score (nSPS) is 18.5. The number of hydrogen-bond donors (Lipinski definition) is 4. The van der Waals surface area contributed by atoms with Crippen molar-refractivity contribution in [3.63, 3.8) is 0 Å². The number of phenolic OH excluding ortho intramolecular Hbond substituents is 2. The minimum absolute atomic E-state index is 0.103. The largest absolute Gasteiger partial charge is 0.504 e. The van der Waals surface area contributed by atoms with E-state index in [0.717, 1.165) is 13.0 Å². The van der Waals surface area contributed by atoms with Crippen LogP contribution >= 0.6 is 0 Å². The van der Waals surface area contributed by atoms with E-state index in [4.69, 9.17) is 18.9 Å². The SMILES string of the molecule is CC(=O)O[C@@H]1[C@H](OC(C)=O)[C@@H](COCCNC(=O)c2cc([N+](=O)[O-])cc(O)c2O)O[C@H]1n1cnc2c(NC(=O)c3ccccc3)ncnc21. The maximum atomic E-state index is 12.8. The highest BCUT2D eigenvalue weighted by Crippen LogP contribution is 2.37. The van der Waals surface area contributed by atoms with Gasteiger partial charge in [0.15, 0.2) is 46.9 Å². The molecule has 0 unspecified atom stereocenters. The lowest BCUT2D eigenvalue weighted by Gasteiger charge is -2.23. The number of ether oxygens (including phenoxy) is 4. The third kappa shape index (κ3) is 7.68. The summed E-state index contributed by atoms with van der Waals surface area (Å²) in [5, 5.41) is 35.9. The van der Waals surface area contributed by atoms with Gasteiger partial charge in [-0.3, -0.25) is 33.9 Å². The van der Waals surface area contributed by atoms with Gasteiger partial charge in [-0.2, -0.15) is 0 Å². The molecule has 1 fully saturated rings. The van der Waals surface area contributed by atoms with Crippen LogP contribution in [0.2, 0.25) is 0 Å². The fraction of sp³-hybridized carbons (Fsp3) is 0.300. The molecule has 0 bridgehead atoms. The summed E-state index contributed by atoms with van der Waals surface area (Å²) in [4.78, 5) is 72.5. The van der Waals surface area contributed by atoms with Gasteiger partial charge in [-0.05, 0) is 12.1 Å². The van der Waals surface area contributed by atoms with Crippen molar-refractivity contribution in [2.24, 2.45) is 0 Å². The third-order valence-corrected chi connectivity index (χ3v) is 7.13. The number of rotatable bonds is 12. The zero-order chi connectivity index (χ0) is 35.2. The van der Waals surface area contributed by atoms with Crippen molar-refractivity contribution in [2.45, 2.75) is 38.4 Å². The molecule has 3 heterocycles. The highest BCUT2D eigenvalue weighted by Gasteiger charge is 2.50. The molecule has 2 aromatic heterocycles. The monoisotopic (exact) mass is 679 g/mol. The molecule has 256 valence electrons. The molecule has 1 aliphatic heterocycles. The number of aromatic hydroxyl groups is 2. The van der Waals surface area contributed by atoms with Gasteiger partial charge in [-0.15, -0.1) is 0 Å². The Morgan fingerprint density at radius 1 is 1.00 bits per heavy atom. The number of aromatic nitrogens is 4. The van der Waals surface area contributed by atoms with Crippen LogP contribution in [0.5, 0.6) is 11.5 Å². The topological polar surface area (TPSA) is 256 Å². The van der Waals surface area contributed by atoms with E-state index in [-0.39, 0.29) is 36.7 Å². The number of imidazole rings is 1. The van der Waals surface area contributed by atoms with Crippen LogP contribution in [-0.4, -0.2) is 96.5 Å². The van der Waals surface area contributed by atoms with Gasteiger partial charge in [-0.1, -0.05) is 18.2 Å². The van der Waals surface area contributed by atoms with Gasteiger partial charge in [-0.25, -0.2) is 15.0 Å². The fourth-order valence-electron chi connectivity index (χ4n) is 5.03. The lowest BCUT2D eigenvalue weighted by atomic mass is 10.1.